The fourth-order valence-corrected chi connectivity index (χ4v) is 3.83. The van der Waals surface area contributed by atoms with E-state index in [0.717, 1.165) is 32.9 Å². The molecule has 0 aromatic carbocycles. The van der Waals surface area contributed by atoms with E-state index < -0.39 is 11.6 Å². The minimum atomic E-state index is -0.833. The van der Waals surface area contributed by atoms with E-state index in [4.69, 9.17) is 19.1 Å². The van der Waals surface area contributed by atoms with Crippen molar-refractivity contribution in [2.45, 2.75) is 45.4 Å². The van der Waals surface area contributed by atoms with Crippen LogP contribution in [0.25, 0.3) is 0 Å². The Bertz CT molecular complexity index is 815. The molecule has 3 heterocycles. The molecular weight excluding hydrogens is 392 g/mol. The summed E-state index contributed by atoms with van der Waals surface area (Å²) in [4.78, 5) is 47.5. The number of esters is 1. The zero-order valence-corrected chi connectivity index (χ0v) is 17.7. The topological polar surface area (TPSA) is 126 Å². The summed E-state index contributed by atoms with van der Waals surface area (Å²) in [5.74, 6) is -0.732. The lowest BCUT2D eigenvalue weighted by molar-refractivity contribution is -0.146. The van der Waals surface area contributed by atoms with Crippen molar-refractivity contribution in [3.05, 3.63) is 33.4 Å². The van der Waals surface area contributed by atoms with Gasteiger partial charge in [-0.3, -0.25) is 14.4 Å². The van der Waals surface area contributed by atoms with Gasteiger partial charge in [-0.25, -0.2) is 4.79 Å². The molecule has 1 aromatic heterocycles. The second kappa shape index (κ2) is 10.9. The highest BCUT2D eigenvalue weighted by Crippen LogP contribution is 2.25. The van der Waals surface area contributed by atoms with E-state index in [2.05, 4.69) is 5.32 Å². The molecule has 2 aliphatic heterocycles. The van der Waals surface area contributed by atoms with Gasteiger partial charge in [0.1, 0.15) is 11.3 Å². The van der Waals surface area contributed by atoms with Crippen molar-refractivity contribution in [3.63, 3.8) is 0 Å². The Morgan fingerprint density at radius 2 is 1.87 bits per heavy atom. The number of hydrogen-bond donors (Lipinski definition) is 2. The average molecular weight is 422 g/mol. The van der Waals surface area contributed by atoms with Crippen LogP contribution in [0.4, 0.5) is 0 Å². The maximum absolute atomic E-state index is 12.8. The van der Waals surface area contributed by atoms with E-state index in [1.165, 1.54) is 7.11 Å². The van der Waals surface area contributed by atoms with Crippen LogP contribution in [0.3, 0.4) is 0 Å². The van der Waals surface area contributed by atoms with Gasteiger partial charge in [-0.2, -0.15) is 0 Å². The third-order valence-electron chi connectivity index (χ3n) is 5.40. The van der Waals surface area contributed by atoms with Gasteiger partial charge in [0.2, 0.25) is 0 Å². The van der Waals surface area contributed by atoms with Gasteiger partial charge in [0.25, 0.3) is 11.9 Å². The number of ether oxygens (including phenoxy) is 1. The first-order valence-corrected chi connectivity index (χ1v) is 10.2. The van der Waals surface area contributed by atoms with E-state index in [-0.39, 0.29) is 29.3 Å². The average Bonchev–Trinajstić information content (AvgIpc) is 2.73. The Morgan fingerprint density at radius 1 is 1.23 bits per heavy atom. The fourth-order valence-electron chi connectivity index (χ4n) is 3.83. The van der Waals surface area contributed by atoms with Gasteiger partial charge in [-0.1, -0.05) is 0 Å². The molecule has 2 fully saturated rings. The highest BCUT2D eigenvalue weighted by Gasteiger charge is 2.31. The fraction of sp³-hybridized carbons (Fsp3) is 0.619. The molecular formula is C21H30N2O7. The summed E-state index contributed by atoms with van der Waals surface area (Å²) in [6, 6.07) is 1.83. The lowest BCUT2D eigenvalue weighted by Gasteiger charge is -2.30. The Kier molecular flexibility index (Phi) is 8.58. The first kappa shape index (κ1) is 23.6. The van der Waals surface area contributed by atoms with Crippen molar-refractivity contribution in [1.29, 1.82) is 0 Å². The van der Waals surface area contributed by atoms with Gasteiger partial charge in [0.15, 0.2) is 0 Å². The van der Waals surface area contributed by atoms with E-state index in [0.29, 0.717) is 37.3 Å². The molecule has 3 rings (SSSR count). The smallest absolute Gasteiger partial charge is 0.349 e. The summed E-state index contributed by atoms with van der Waals surface area (Å²) in [6.45, 7) is 5.51. The number of carbonyl (C=O) groups is 3. The van der Waals surface area contributed by atoms with Crippen LogP contribution in [-0.4, -0.2) is 61.1 Å². The van der Waals surface area contributed by atoms with Crippen molar-refractivity contribution >= 4 is 17.8 Å². The number of carboxylic acid groups (broad SMARTS) is 1. The lowest BCUT2D eigenvalue weighted by Crippen LogP contribution is -2.42. The van der Waals surface area contributed by atoms with Gasteiger partial charge < -0.3 is 24.5 Å². The van der Waals surface area contributed by atoms with Crippen LogP contribution in [0.1, 0.15) is 60.2 Å². The van der Waals surface area contributed by atoms with E-state index in [9.17, 15) is 14.4 Å². The standard InChI is InChI=1S/C19H26N2O5.C2H4O2/c1-12-10-15(14-4-3-7-20-11-14)26-19(24)16(12)17(22)21-8-5-13(6-9-21)18(23)25-2;1-2(3)4/h10,13-14,20H,3-9,11H2,1-2H3;1H3,(H,3,4). The van der Waals surface area contributed by atoms with Crippen LogP contribution in [-0.2, 0) is 14.3 Å². The van der Waals surface area contributed by atoms with Crippen molar-refractivity contribution in [1.82, 2.24) is 10.2 Å². The number of aryl methyl sites for hydroxylation is 1. The molecule has 1 amide bonds. The number of nitrogens with one attached hydrogen (secondary N) is 1. The van der Waals surface area contributed by atoms with Crippen molar-refractivity contribution in [3.8, 4) is 0 Å². The van der Waals surface area contributed by atoms with Crippen LogP contribution < -0.4 is 10.9 Å². The van der Waals surface area contributed by atoms with Crippen molar-refractivity contribution in [2.24, 2.45) is 5.92 Å². The Balaban J connectivity index is 0.000000735. The number of nitrogens with zero attached hydrogens (tertiary/aromatic N) is 1. The molecule has 0 saturated carbocycles. The summed E-state index contributed by atoms with van der Waals surface area (Å²) in [6.07, 6.45) is 3.12. The zero-order valence-electron chi connectivity index (χ0n) is 17.7. The molecule has 1 aromatic rings. The number of carbonyl (C=O) groups excluding carboxylic acids is 2. The minimum absolute atomic E-state index is 0.106. The third-order valence-corrected chi connectivity index (χ3v) is 5.40. The molecule has 0 bridgehead atoms. The lowest BCUT2D eigenvalue weighted by atomic mass is 9.94. The number of rotatable bonds is 3. The Labute approximate surface area is 175 Å². The second-order valence-corrected chi connectivity index (χ2v) is 7.65. The van der Waals surface area contributed by atoms with Gasteiger partial charge in [0.05, 0.1) is 13.0 Å². The molecule has 0 radical (unpaired) electrons. The van der Waals surface area contributed by atoms with Crippen LogP contribution in [0.5, 0.6) is 0 Å². The van der Waals surface area contributed by atoms with Gasteiger partial charge in [-0.05, 0) is 50.8 Å². The number of methoxy groups -OCH3 is 1. The number of amides is 1. The number of aliphatic carboxylic acids is 1. The monoisotopic (exact) mass is 422 g/mol. The molecule has 2 saturated heterocycles. The molecule has 2 aliphatic rings. The third kappa shape index (κ3) is 6.16. The molecule has 30 heavy (non-hydrogen) atoms. The zero-order chi connectivity index (χ0) is 22.3. The molecule has 2 N–H and O–H groups in total. The molecule has 0 aliphatic carbocycles. The normalized spacial score (nSPS) is 19.4. The first-order valence-electron chi connectivity index (χ1n) is 10.2. The van der Waals surface area contributed by atoms with Crippen LogP contribution in [0, 0.1) is 12.8 Å². The minimum Gasteiger partial charge on any atom is -0.481 e. The predicted octanol–water partition coefficient (Wildman–Crippen LogP) is 1.53. The number of piperidine rings is 2. The number of carboxylic acids is 1. The summed E-state index contributed by atoms with van der Waals surface area (Å²) in [7, 11) is 1.37. The van der Waals surface area contributed by atoms with Crippen LogP contribution in [0.2, 0.25) is 0 Å². The Morgan fingerprint density at radius 3 is 2.37 bits per heavy atom. The van der Waals surface area contributed by atoms with Crippen molar-refractivity contribution in [2.75, 3.05) is 33.3 Å². The maximum Gasteiger partial charge on any atom is 0.349 e. The first-order chi connectivity index (χ1) is 14.2. The van der Waals surface area contributed by atoms with Gasteiger partial charge in [-0.15, -0.1) is 0 Å². The largest absolute Gasteiger partial charge is 0.481 e. The van der Waals surface area contributed by atoms with Crippen LogP contribution in [0.15, 0.2) is 15.3 Å². The molecule has 166 valence electrons. The quantitative estimate of drug-likeness (QED) is 0.703. The summed E-state index contributed by atoms with van der Waals surface area (Å²) in [5, 5.41) is 10.7. The van der Waals surface area contributed by atoms with Gasteiger partial charge in [0, 0.05) is 32.5 Å². The maximum atomic E-state index is 12.8. The van der Waals surface area contributed by atoms with Crippen molar-refractivity contribution < 1.29 is 28.6 Å². The summed E-state index contributed by atoms with van der Waals surface area (Å²) in [5.41, 5.74) is 0.196. The SMILES string of the molecule is CC(=O)O.COC(=O)C1CCN(C(=O)c2c(C)cc(C3CCCNC3)oc2=O)CC1. The van der Waals surface area contributed by atoms with Gasteiger partial charge >= 0.3 is 11.6 Å². The highest BCUT2D eigenvalue weighted by atomic mass is 16.5. The highest BCUT2D eigenvalue weighted by molar-refractivity contribution is 5.95. The number of hydrogen-bond acceptors (Lipinski definition) is 7. The van der Waals surface area contributed by atoms with Crippen LogP contribution >= 0.6 is 0 Å². The van der Waals surface area contributed by atoms with E-state index in [1.807, 2.05) is 6.07 Å². The Hall–Kier alpha value is -2.68. The predicted molar refractivity (Wildman–Crippen MR) is 109 cm³/mol. The molecule has 1 atom stereocenters. The molecule has 1 unspecified atom stereocenters. The van der Waals surface area contributed by atoms with E-state index >= 15 is 0 Å². The summed E-state index contributed by atoms with van der Waals surface area (Å²) >= 11 is 0. The second-order valence-electron chi connectivity index (χ2n) is 7.65. The molecule has 9 nitrogen and oxygen atoms in total. The molecule has 9 heteroatoms. The molecule has 0 spiro atoms. The number of likely N-dealkylation sites (tertiary alicyclic amines) is 1. The summed E-state index contributed by atoms with van der Waals surface area (Å²) < 4.78 is 10.3. The van der Waals surface area contributed by atoms with E-state index in [1.54, 1.807) is 11.8 Å².